The minimum absolute atomic E-state index is 0.105. The summed E-state index contributed by atoms with van der Waals surface area (Å²) in [5, 5.41) is 15.8. The van der Waals surface area contributed by atoms with Crippen molar-refractivity contribution < 1.29 is 4.79 Å². The molecular formula is C25H24BrN5OS. The molecule has 0 atom stereocenters. The highest BCUT2D eigenvalue weighted by Gasteiger charge is 2.16. The van der Waals surface area contributed by atoms with Crippen molar-refractivity contribution in [1.29, 1.82) is 0 Å². The first kappa shape index (κ1) is 23.1. The largest absolute Gasteiger partial charge is 0.378 e. The van der Waals surface area contributed by atoms with Crippen molar-refractivity contribution in [2.24, 2.45) is 0 Å². The van der Waals surface area contributed by atoms with E-state index in [1.54, 1.807) is 0 Å². The lowest BCUT2D eigenvalue weighted by Gasteiger charge is -2.12. The summed E-state index contributed by atoms with van der Waals surface area (Å²) in [7, 11) is 0. The minimum Gasteiger partial charge on any atom is -0.378 e. The smallest absolute Gasteiger partial charge is 0.234 e. The number of thioether (sulfide) groups is 1. The van der Waals surface area contributed by atoms with E-state index in [9.17, 15) is 4.79 Å². The molecule has 4 aromatic rings. The lowest BCUT2D eigenvalue weighted by molar-refractivity contribution is -0.113. The summed E-state index contributed by atoms with van der Waals surface area (Å²) >= 11 is 4.86. The predicted molar refractivity (Wildman–Crippen MR) is 138 cm³/mol. The molecule has 0 aliphatic heterocycles. The third-order valence-corrected chi connectivity index (χ3v) is 6.53. The van der Waals surface area contributed by atoms with Crippen LogP contribution in [0.4, 0.5) is 11.4 Å². The molecule has 1 aromatic heterocycles. The van der Waals surface area contributed by atoms with Crippen LogP contribution in [-0.2, 0) is 11.3 Å². The van der Waals surface area contributed by atoms with Gasteiger partial charge in [-0.05, 0) is 71.7 Å². The zero-order valence-corrected chi connectivity index (χ0v) is 20.8. The molecule has 0 spiro atoms. The van der Waals surface area contributed by atoms with E-state index in [4.69, 9.17) is 0 Å². The number of rotatable bonds is 8. The van der Waals surface area contributed by atoms with Crippen molar-refractivity contribution in [3.63, 3.8) is 0 Å². The fourth-order valence-electron chi connectivity index (χ4n) is 3.24. The Balaban J connectivity index is 1.49. The first-order valence-corrected chi connectivity index (χ1v) is 12.3. The molecule has 0 saturated heterocycles. The van der Waals surface area contributed by atoms with Crippen LogP contribution < -0.4 is 10.6 Å². The number of aryl methyl sites for hydroxylation is 2. The SMILES string of the molecule is Cc1ccc(NCc2nnc(SCC(=O)Nc3ccc(C)cc3Br)n2-c2ccccc2)cc1. The molecule has 1 heterocycles. The average Bonchev–Trinajstić information content (AvgIpc) is 3.22. The first-order chi connectivity index (χ1) is 16.0. The van der Waals surface area contributed by atoms with Gasteiger partial charge in [-0.3, -0.25) is 9.36 Å². The Kier molecular flexibility index (Phi) is 7.47. The van der Waals surface area contributed by atoms with Gasteiger partial charge in [-0.15, -0.1) is 10.2 Å². The second-order valence-electron chi connectivity index (χ2n) is 7.61. The maximum Gasteiger partial charge on any atom is 0.234 e. The molecule has 0 bridgehead atoms. The highest BCUT2D eigenvalue weighted by molar-refractivity contribution is 9.10. The number of hydrogen-bond acceptors (Lipinski definition) is 5. The highest BCUT2D eigenvalue weighted by atomic mass is 79.9. The Morgan fingerprint density at radius 2 is 1.70 bits per heavy atom. The van der Waals surface area contributed by atoms with E-state index in [1.807, 2.05) is 72.2 Å². The summed E-state index contributed by atoms with van der Waals surface area (Å²) < 4.78 is 2.85. The zero-order valence-electron chi connectivity index (χ0n) is 18.4. The Hall–Kier alpha value is -3.10. The number of carbonyl (C=O) groups excluding carboxylic acids is 1. The Labute approximate surface area is 206 Å². The fraction of sp³-hybridized carbons (Fsp3) is 0.160. The molecule has 1 amide bonds. The van der Waals surface area contributed by atoms with E-state index in [2.05, 4.69) is 55.8 Å². The third-order valence-electron chi connectivity index (χ3n) is 4.95. The number of para-hydroxylation sites is 1. The number of amides is 1. The van der Waals surface area contributed by atoms with Gasteiger partial charge in [0.2, 0.25) is 5.91 Å². The quantitative estimate of drug-likeness (QED) is 0.278. The maximum absolute atomic E-state index is 12.6. The molecule has 0 aliphatic rings. The molecule has 168 valence electrons. The number of benzene rings is 3. The van der Waals surface area contributed by atoms with Crippen LogP contribution in [0.2, 0.25) is 0 Å². The van der Waals surface area contributed by atoms with Crippen LogP contribution in [0.1, 0.15) is 17.0 Å². The van der Waals surface area contributed by atoms with Gasteiger partial charge in [0.05, 0.1) is 18.0 Å². The summed E-state index contributed by atoms with van der Waals surface area (Å²) in [5.74, 6) is 0.883. The summed E-state index contributed by atoms with van der Waals surface area (Å²) in [4.78, 5) is 12.6. The Morgan fingerprint density at radius 3 is 2.42 bits per heavy atom. The van der Waals surface area contributed by atoms with Gasteiger partial charge in [-0.2, -0.15) is 0 Å². The van der Waals surface area contributed by atoms with E-state index in [0.29, 0.717) is 11.7 Å². The van der Waals surface area contributed by atoms with E-state index in [1.165, 1.54) is 17.3 Å². The number of hydrogen-bond donors (Lipinski definition) is 2. The van der Waals surface area contributed by atoms with Crippen LogP contribution >= 0.6 is 27.7 Å². The van der Waals surface area contributed by atoms with Gasteiger partial charge in [0.15, 0.2) is 11.0 Å². The van der Waals surface area contributed by atoms with E-state index in [0.717, 1.165) is 32.9 Å². The van der Waals surface area contributed by atoms with Gasteiger partial charge in [0, 0.05) is 15.8 Å². The van der Waals surface area contributed by atoms with Crippen molar-refractivity contribution in [1.82, 2.24) is 14.8 Å². The first-order valence-electron chi connectivity index (χ1n) is 10.5. The van der Waals surface area contributed by atoms with Crippen LogP contribution in [0.15, 0.2) is 82.4 Å². The lowest BCUT2D eigenvalue weighted by atomic mass is 10.2. The number of carbonyl (C=O) groups is 1. The molecule has 8 heteroatoms. The molecule has 4 rings (SSSR count). The number of aromatic nitrogens is 3. The zero-order chi connectivity index (χ0) is 23.2. The molecule has 0 fully saturated rings. The van der Waals surface area contributed by atoms with Crippen LogP contribution in [-0.4, -0.2) is 26.4 Å². The van der Waals surface area contributed by atoms with Crippen molar-refractivity contribution in [2.45, 2.75) is 25.5 Å². The number of nitrogens with one attached hydrogen (secondary N) is 2. The van der Waals surface area contributed by atoms with Crippen LogP contribution in [0, 0.1) is 13.8 Å². The molecule has 0 unspecified atom stereocenters. The molecule has 3 aromatic carbocycles. The van der Waals surface area contributed by atoms with Crippen LogP contribution in [0.5, 0.6) is 0 Å². The molecule has 0 aliphatic carbocycles. The van der Waals surface area contributed by atoms with Gasteiger partial charge in [0.1, 0.15) is 0 Å². The Morgan fingerprint density at radius 1 is 0.970 bits per heavy atom. The summed E-state index contributed by atoms with van der Waals surface area (Å²) in [6.07, 6.45) is 0. The van der Waals surface area contributed by atoms with Gasteiger partial charge >= 0.3 is 0 Å². The average molecular weight is 522 g/mol. The second-order valence-corrected chi connectivity index (χ2v) is 9.41. The van der Waals surface area contributed by atoms with Gasteiger partial charge in [0.25, 0.3) is 0 Å². The molecule has 0 radical (unpaired) electrons. The van der Waals surface area contributed by atoms with E-state index < -0.39 is 0 Å². The topological polar surface area (TPSA) is 71.8 Å². The van der Waals surface area contributed by atoms with Gasteiger partial charge in [-0.25, -0.2) is 0 Å². The second kappa shape index (κ2) is 10.7. The summed E-state index contributed by atoms with van der Waals surface area (Å²) in [6, 6.07) is 24.0. The molecule has 0 saturated carbocycles. The normalized spacial score (nSPS) is 10.8. The van der Waals surface area contributed by atoms with E-state index in [-0.39, 0.29) is 11.7 Å². The number of anilines is 2. The standard InChI is InChI=1S/C25H24BrN5OS/c1-17-8-11-19(12-9-17)27-15-23-29-30-25(31(23)20-6-4-3-5-7-20)33-16-24(32)28-22-13-10-18(2)14-21(22)26/h3-14,27H,15-16H2,1-2H3,(H,28,32). The molecule has 2 N–H and O–H groups in total. The lowest BCUT2D eigenvalue weighted by Crippen LogP contribution is -2.15. The monoisotopic (exact) mass is 521 g/mol. The predicted octanol–water partition coefficient (Wildman–Crippen LogP) is 5.99. The molecular weight excluding hydrogens is 498 g/mol. The number of halogens is 1. The van der Waals surface area contributed by atoms with Gasteiger partial charge in [-0.1, -0.05) is 53.7 Å². The number of nitrogens with zero attached hydrogens (tertiary/aromatic N) is 3. The van der Waals surface area contributed by atoms with Crippen molar-refractivity contribution in [3.05, 3.63) is 94.2 Å². The van der Waals surface area contributed by atoms with Crippen molar-refractivity contribution in [3.8, 4) is 5.69 Å². The fourth-order valence-corrected chi connectivity index (χ4v) is 4.60. The van der Waals surface area contributed by atoms with Crippen molar-refractivity contribution in [2.75, 3.05) is 16.4 Å². The van der Waals surface area contributed by atoms with Crippen molar-refractivity contribution >= 4 is 45.0 Å². The molecule has 6 nitrogen and oxygen atoms in total. The third kappa shape index (κ3) is 6.03. The van der Waals surface area contributed by atoms with Crippen LogP contribution in [0.3, 0.4) is 0 Å². The minimum atomic E-state index is -0.105. The summed E-state index contributed by atoms with van der Waals surface area (Å²) in [5.41, 5.74) is 5.05. The Bertz CT molecular complexity index is 1240. The van der Waals surface area contributed by atoms with Gasteiger partial charge < -0.3 is 10.6 Å². The maximum atomic E-state index is 12.6. The molecule has 33 heavy (non-hydrogen) atoms. The highest BCUT2D eigenvalue weighted by Crippen LogP contribution is 2.25. The van der Waals surface area contributed by atoms with E-state index >= 15 is 0 Å². The summed E-state index contributed by atoms with van der Waals surface area (Å²) in [6.45, 7) is 4.58. The van der Waals surface area contributed by atoms with Crippen LogP contribution in [0.25, 0.3) is 5.69 Å².